The highest BCUT2D eigenvalue weighted by atomic mass is 16.7. The van der Waals surface area contributed by atoms with E-state index in [2.05, 4.69) is 55.5 Å². The van der Waals surface area contributed by atoms with E-state index in [1.165, 1.54) is 22.3 Å². The Labute approximate surface area is 120 Å². The summed E-state index contributed by atoms with van der Waals surface area (Å²) in [4.78, 5) is 0. The first-order valence-electron chi connectivity index (χ1n) is 7.20. The summed E-state index contributed by atoms with van der Waals surface area (Å²) < 4.78 is 11.2. The number of rotatable bonds is 3. The highest BCUT2D eigenvalue weighted by Gasteiger charge is 2.14. The Balaban J connectivity index is 1.69. The Hall–Kier alpha value is -1.64. The van der Waals surface area contributed by atoms with Crippen LogP contribution in [0, 0.1) is 6.92 Å². The molecule has 104 valence electrons. The van der Waals surface area contributed by atoms with Crippen molar-refractivity contribution in [2.75, 3.05) is 13.2 Å². The zero-order chi connectivity index (χ0) is 13.8. The molecule has 0 aliphatic carbocycles. The molecule has 0 saturated carbocycles. The first-order valence-corrected chi connectivity index (χ1v) is 7.20. The lowest BCUT2D eigenvalue weighted by molar-refractivity contribution is -0.176. The highest BCUT2D eigenvalue weighted by Crippen LogP contribution is 2.21. The minimum Gasteiger partial charge on any atom is -0.352 e. The molecule has 1 saturated heterocycles. The molecule has 1 aliphatic heterocycles. The predicted molar refractivity (Wildman–Crippen MR) is 80.6 cm³/mol. The molecule has 0 unspecified atom stereocenters. The van der Waals surface area contributed by atoms with Crippen LogP contribution in [0.5, 0.6) is 0 Å². The molecule has 2 nitrogen and oxygen atoms in total. The van der Waals surface area contributed by atoms with Gasteiger partial charge in [0.2, 0.25) is 0 Å². The van der Waals surface area contributed by atoms with Gasteiger partial charge in [-0.25, -0.2) is 0 Å². The summed E-state index contributed by atoms with van der Waals surface area (Å²) in [6.45, 7) is 3.73. The second kappa shape index (κ2) is 6.21. The monoisotopic (exact) mass is 268 g/mol. The zero-order valence-electron chi connectivity index (χ0n) is 11.8. The largest absolute Gasteiger partial charge is 0.352 e. The van der Waals surface area contributed by atoms with Crippen LogP contribution in [0.3, 0.4) is 0 Å². The van der Waals surface area contributed by atoms with Gasteiger partial charge in [-0.1, -0.05) is 54.1 Å². The van der Waals surface area contributed by atoms with Crippen molar-refractivity contribution in [2.24, 2.45) is 0 Å². The van der Waals surface area contributed by atoms with Crippen LogP contribution >= 0.6 is 0 Å². The van der Waals surface area contributed by atoms with Crippen LogP contribution in [0.25, 0.3) is 11.1 Å². The van der Waals surface area contributed by atoms with Crippen molar-refractivity contribution in [1.82, 2.24) is 0 Å². The van der Waals surface area contributed by atoms with E-state index < -0.39 is 0 Å². The quantitative estimate of drug-likeness (QED) is 0.838. The molecule has 1 heterocycles. The molecular weight excluding hydrogens is 248 g/mol. The van der Waals surface area contributed by atoms with E-state index >= 15 is 0 Å². The topological polar surface area (TPSA) is 18.5 Å². The van der Waals surface area contributed by atoms with E-state index in [-0.39, 0.29) is 6.29 Å². The lowest BCUT2D eigenvalue weighted by Crippen LogP contribution is -2.26. The molecule has 2 heteroatoms. The lowest BCUT2D eigenvalue weighted by atomic mass is 10.0. The van der Waals surface area contributed by atoms with Gasteiger partial charge in [-0.3, -0.25) is 0 Å². The third-order valence-corrected chi connectivity index (χ3v) is 3.64. The number of hydrogen-bond donors (Lipinski definition) is 0. The number of hydrogen-bond acceptors (Lipinski definition) is 2. The van der Waals surface area contributed by atoms with Crippen LogP contribution in [-0.2, 0) is 15.9 Å². The Morgan fingerprint density at radius 2 is 1.40 bits per heavy atom. The standard InChI is InChI=1S/C18H20O2/c1-14-3-7-16(8-4-14)17-9-5-15(6-10-17)13-18-19-11-2-12-20-18/h3-10,18H,2,11-13H2,1H3. The molecule has 0 N–H and O–H groups in total. The van der Waals surface area contributed by atoms with E-state index in [1.807, 2.05) is 0 Å². The average molecular weight is 268 g/mol. The molecule has 1 aliphatic rings. The molecule has 0 atom stereocenters. The van der Waals surface area contributed by atoms with E-state index in [4.69, 9.17) is 9.47 Å². The Bertz CT molecular complexity index is 537. The van der Waals surface area contributed by atoms with E-state index in [0.717, 1.165) is 26.1 Å². The van der Waals surface area contributed by atoms with Crippen molar-refractivity contribution < 1.29 is 9.47 Å². The summed E-state index contributed by atoms with van der Waals surface area (Å²) in [5.41, 5.74) is 5.05. The third kappa shape index (κ3) is 3.27. The van der Waals surface area contributed by atoms with Crippen LogP contribution < -0.4 is 0 Å². The molecule has 1 fully saturated rings. The van der Waals surface area contributed by atoms with Gasteiger partial charge in [-0.15, -0.1) is 0 Å². The maximum atomic E-state index is 5.59. The van der Waals surface area contributed by atoms with Crippen molar-refractivity contribution in [3.05, 3.63) is 59.7 Å². The zero-order valence-corrected chi connectivity index (χ0v) is 11.8. The van der Waals surface area contributed by atoms with Gasteiger partial charge >= 0.3 is 0 Å². The summed E-state index contributed by atoms with van der Waals surface area (Å²) in [5, 5.41) is 0. The smallest absolute Gasteiger partial charge is 0.161 e. The van der Waals surface area contributed by atoms with Gasteiger partial charge in [0, 0.05) is 6.42 Å². The van der Waals surface area contributed by atoms with Crippen molar-refractivity contribution in [3.63, 3.8) is 0 Å². The van der Waals surface area contributed by atoms with E-state index in [9.17, 15) is 0 Å². The maximum Gasteiger partial charge on any atom is 0.161 e. The summed E-state index contributed by atoms with van der Waals surface area (Å²) in [6, 6.07) is 17.3. The molecule has 2 aromatic rings. The van der Waals surface area contributed by atoms with Crippen LogP contribution in [0.15, 0.2) is 48.5 Å². The van der Waals surface area contributed by atoms with Crippen molar-refractivity contribution in [2.45, 2.75) is 26.1 Å². The average Bonchev–Trinajstić information content (AvgIpc) is 2.50. The Morgan fingerprint density at radius 3 is 2.00 bits per heavy atom. The second-order valence-corrected chi connectivity index (χ2v) is 5.29. The van der Waals surface area contributed by atoms with E-state index in [1.54, 1.807) is 0 Å². The van der Waals surface area contributed by atoms with Crippen LogP contribution in [0.4, 0.5) is 0 Å². The van der Waals surface area contributed by atoms with Gasteiger partial charge < -0.3 is 9.47 Å². The van der Waals surface area contributed by atoms with Crippen LogP contribution in [-0.4, -0.2) is 19.5 Å². The number of benzene rings is 2. The highest BCUT2D eigenvalue weighted by molar-refractivity contribution is 5.63. The Morgan fingerprint density at radius 1 is 0.850 bits per heavy atom. The van der Waals surface area contributed by atoms with Gasteiger partial charge in [0.25, 0.3) is 0 Å². The van der Waals surface area contributed by atoms with E-state index in [0.29, 0.717) is 0 Å². The van der Waals surface area contributed by atoms with Crippen molar-refractivity contribution in [3.8, 4) is 11.1 Å². The minimum absolute atomic E-state index is 0.0750. The maximum absolute atomic E-state index is 5.59. The van der Waals surface area contributed by atoms with Gasteiger partial charge in [-0.05, 0) is 30.0 Å². The van der Waals surface area contributed by atoms with Gasteiger partial charge in [0.15, 0.2) is 6.29 Å². The second-order valence-electron chi connectivity index (χ2n) is 5.29. The van der Waals surface area contributed by atoms with Gasteiger partial charge in [0.1, 0.15) is 0 Å². The van der Waals surface area contributed by atoms with Crippen molar-refractivity contribution in [1.29, 1.82) is 0 Å². The first kappa shape index (κ1) is 13.3. The molecule has 0 spiro atoms. The fraction of sp³-hybridized carbons (Fsp3) is 0.333. The summed E-state index contributed by atoms with van der Waals surface area (Å²) >= 11 is 0. The third-order valence-electron chi connectivity index (χ3n) is 3.64. The lowest BCUT2D eigenvalue weighted by Gasteiger charge is -2.23. The number of ether oxygens (including phenoxy) is 2. The van der Waals surface area contributed by atoms with Gasteiger partial charge in [0.05, 0.1) is 13.2 Å². The molecular formula is C18H20O2. The molecule has 2 aromatic carbocycles. The first-order chi connectivity index (χ1) is 9.81. The van der Waals surface area contributed by atoms with Crippen LogP contribution in [0.1, 0.15) is 17.5 Å². The summed E-state index contributed by atoms with van der Waals surface area (Å²) in [6.07, 6.45) is 1.76. The normalized spacial score (nSPS) is 16.2. The molecule has 0 aromatic heterocycles. The molecule has 0 radical (unpaired) electrons. The molecule has 3 rings (SSSR count). The van der Waals surface area contributed by atoms with Gasteiger partial charge in [-0.2, -0.15) is 0 Å². The molecule has 0 amide bonds. The van der Waals surface area contributed by atoms with Crippen molar-refractivity contribution >= 4 is 0 Å². The Kier molecular flexibility index (Phi) is 4.14. The minimum atomic E-state index is -0.0750. The van der Waals surface area contributed by atoms with Crippen LogP contribution in [0.2, 0.25) is 0 Å². The fourth-order valence-corrected chi connectivity index (χ4v) is 2.43. The summed E-state index contributed by atoms with van der Waals surface area (Å²) in [5.74, 6) is 0. The number of aryl methyl sites for hydroxylation is 1. The predicted octanol–water partition coefficient (Wildman–Crippen LogP) is 3.97. The molecule has 0 bridgehead atoms. The molecule has 20 heavy (non-hydrogen) atoms. The SMILES string of the molecule is Cc1ccc(-c2ccc(CC3OCCCO3)cc2)cc1. The fourth-order valence-electron chi connectivity index (χ4n) is 2.43. The summed E-state index contributed by atoms with van der Waals surface area (Å²) in [7, 11) is 0.